The van der Waals surface area contributed by atoms with Crippen molar-refractivity contribution in [3.8, 4) is 11.5 Å². The maximum Gasteiger partial charge on any atom is 0.240 e. The Hall–Kier alpha value is -2.62. The van der Waals surface area contributed by atoms with Gasteiger partial charge in [-0.25, -0.2) is 13.1 Å². The van der Waals surface area contributed by atoms with Gasteiger partial charge in [0.2, 0.25) is 15.9 Å². The van der Waals surface area contributed by atoms with E-state index in [9.17, 15) is 13.2 Å². The van der Waals surface area contributed by atoms with E-state index >= 15 is 0 Å². The highest BCUT2D eigenvalue weighted by Gasteiger charge is 2.22. The number of ether oxygens (including phenoxy) is 2. The summed E-state index contributed by atoms with van der Waals surface area (Å²) in [5, 5.41) is 3.04. The molecular weight excluding hydrogens is 442 g/mol. The topological polar surface area (TPSA) is 97.0 Å². The molecule has 1 fully saturated rings. The van der Waals surface area contributed by atoms with Crippen molar-refractivity contribution in [3.05, 3.63) is 53.6 Å². The van der Waals surface area contributed by atoms with Gasteiger partial charge in [-0.3, -0.25) is 9.69 Å². The number of methoxy groups -OCH3 is 2. The summed E-state index contributed by atoms with van der Waals surface area (Å²) in [7, 11) is -0.833. The van der Waals surface area contributed by atoms with Crippen molar-refractivity contribution < 1.29 is 22.7 Å². The molecule has 1 saturated heterocycles. The van der Waals surface area contributed by atoms with E-state index in [2.05, 4.69) is 46.1 Å². The number of rotatable bonds is 10. The first kappa shape index (κ1) is 25.0. The van der Waals surface area contributed by atoms with E-state index in [0.29, 0.717) is 11.5 Å². The van der Waals surface area contributed by atoms with E-state index in [1.54, 1.807) is 0 Å². The van der Waals surface area contributed by atoms with Gasteiger partial charge in [0, 0.05) is 44.7 Å². The summed E-state index contributed by atoms with van der Waals surface area (Å²) >= 11 is 0. The van der Waals surface area contributed by atoms with Crippen LogP contribution in [-0.2, 0) is 21.4 Å². The third-order valence-electron chi connectivity index (χ3n) is 5.92. The van der Waals surface area contributed by atoms with Gasteiger partial charge in [-0.05, 0) is 43.0 Å². The molecule has 2 N–H and O–H groups in total. The van der Waals surface area contributed by atoms with Crippen LogP contribution in [-0.4, -0.2) is 59.1 Å². The van der Waals surface area contributed by atoms with Crippen molar-refractivity contribution in [2.24, 2.45) is 0 Å². The van der Waals surface area contributed by atoms with Crippen LogP contribution in [0.25, 0.3) is 0 Å². The first-order chi connectivity index (χ1) is 15.8. The summed E-state index contributed by atoms with van der Waals surface area (Å²) in [6.07, 6.45) is 1.85. The number of nitrogens with zero attached hydrogens (tertiary/aromatic N) is 1. The number of carbonyl (C=O) groups is 1. The molecule has 33 heavy (non-hydrogen) atoms. The SMILES string of the molecule is COc1ccc(S(=O)(=O)NCCC(=O)NC2CCN(Cc3ccccc3C)CC2)cc1OC. The highest BCUT2D eigenvalue weighted by molar-refractivity contribution is 7.89. The fourth-order valence-corrected chi connectivity index (χ4v) is 4.98. The molecule has 9 heteroatoms. The van der Waals surface area contributed by atoms with Crippen LogP contribution < -0.4 is 19.5 Å². The predicted molar refractivity (Wildman–Crippen MR) is 127 cm³/mol. The molecule has 0 bridgehead atoms. The second-order valence-corrected chi connectivity index (χ2v) is 9.98. The van der Waals surface area contributed by atoms with Gasteiger partial charge < -0.3 is 14.8 Å². The quantitative estimate of drug-likeness (QED) is 0.548. The van der Waals surface area contributed by atoms with Gasteiger partial charge >= 0.3 is 0 Å². The van der Waals surface area contributed by atoms with E-state index < -0.39 is 10.0 Å². The molecule has 180 valence electrons. The number of sulfonamides is 1. The Labute approximate surface area is 196 Å². The third kappa shape index (κ3) is 6.93. The molecule has 1 aliphatic rings. The number of benzene rings is 2. The Bertz CT molecular complexity index is 1050. The molecule has 0 saturated carbocycles. The zero-order valence-corrected chi connectivity index (χ0v) is 20.3. The van der Waals surface area contributed by atoms with E-state index in [4.69, 9.17) is 9.47 Å². The Morgan fingerprint density at radius 3 is 2.42 bits per heavy atom. The number of aryl methyl sites for hydroxylation is 1. The maximum absolute atomic E-state index is 12.5. The monoisotopic (exact) mass is 475 g/mol. The Morgan fingerprint density at radius 2 is 1.76 bits per heavy atom. The van der Waals surface area contributed by atoms with Crippen molar-refractivity contribution in [1.29, 1.82) is 0 Å². The summed E-state index contributed by atoms with van der Waals surface area (Å²) in [4.78, 5) is 14.8. The number of likely N-dealkylation sites (tertiary alicyclic amines) is 1. The molecular formula is C24H33N3O5S. The Balaban J connectivity index is 1.41. The molecule has 0 unspecified atom stereocenters. The minimum absolute atomic E-state index is 0.0225. The number of amides is 1. The van der Waals surface area contributed by atoms with Crippen molar-refractivity contribution in [2.45, 2.75) is 43.7 Å². The molecule has 1 amide bonds. The van der Waals surface area contributed by atoms with Crippen LogP contribution in [0.1, 0.15) is 30.4 Å². The molecule has 2 aromatic carbocycles. The maximum atomic E-state index is 12.5. The first-order valence-electron chi connectivity index (χ1n) is 11.1. The lowest BCUT2D eigenvalue weighted by molar-refractivity contribution is -0.121. The van der Waals surface area contributed by atoms with Gasteiger partial charge in [-0.1, -0.05) is 24.3 Å². The largest absolute Gasteiger partial charge is 0.493 e. The average Bonchev–Trinajstić information content (AvgIpc) is 2.81. The standard InChI is InChI=1S/C24H33N3O5S/c1-18-6-4-5-7-19(18)17-27-14-11-20(12-15-27)26-24(28)10-13-25-33(29,30)21-8-9-22(31-2)23(16-21)32-3/h4-9,16,20,25H,10-15,17H2,1-3H3,(H,26,28). The van der Waals surface area contributed by atoms with Crippen molar-refractivity contribution >= 4 is 15.9 Å². The number of piperidine rings is 1. The van der Waals surface area contributed by atoms with Crippen LogP contribution in [0.15, 0.2) is 47.4 Å². The first-order valence-corrected chi connectivity index (χ1v) is 12.6. The fourth-order valence-electron chi connectivity index (χ4n) is 3.93. The van der Waals surface area contributed by atoms with Crippen LogP contribution in [0, 0.1) is 6.92 Å². The molecule has 2 aromatic rings. The summed E-state index contributed by atoms with van der Waals surface area (Å²) < 4.78 is 37.8. The van der Waals surface area contributed by atoms with Crippen molar-refractivity contribution in [2.75, 3.05) is 33.9 Å². The molecule has 0 aromatic heterocycles. The zero-order chi connectivity index (χ0) is 23.8. The van der Waals surface area contributed by atoms with E-state index in [-0.39, 0.29) is 29.8 Å². The van der Waals surface area contributed by atoms with Gasteiger partial charge in [-0.15, -0.1) is 0 Å². The minimum Gasteiger partial charge on any atom is -0.493 e. The van der Waals surface area contributed by atoms with Crippen LogP contribution >= 0.6 is 0 Å². The molecule has 8 nitrogen and oxygen atoms in total. The fraction of sp³-hybridized carbons (Fsp3) is 0.458. The molecule has 0 spiro atoms. The normalized spacial score (nSPS) is 15.2. The van der Waals surface area contributed by atoms with Crippen LogP contribution in [0.3, 0.4) is 0 Å². The lowest BCUT2D eigenvalue weighted by Crippen LogP contribution is -2.45. The van der Waals surface area contributed by atoms with Gasteiger partial charge in [0.1, 0.15) is 0 Å². The van der Waals surface area contributed by atoms with Gasteiger partial charge in [-0.2, -0.15) is 0 Å². The molecule has 0 radical (unpaired) electrons. The second-order valence-electron chi connectivity index (χ2n) is 8.21. The van der Waals surface area contributed by atoms with Crippen molar-refractivity contribution in [1.82, 2.24) is 14.9 Å². The van der Waals surface area contributed by atoms with E-state index in [1.807, 2.05) is 0 Å². The number of nitrogens with one attached hydrogen (secondary N) is 2. The van der Waals surface area contributed by atoms with Crippen LogP contribution in [0.5, 0.6) is 11.5 Å². The third-order valence-corrected chi connectivity index (χ3v) is 7.38. The molecule has 3 rings (SSSR count). The summed E-state index contributed by atoms with van der Waals surface area (Å²) in [6, 6.07) is 12.9. The molecule has 0 atom stereocenters. The smallest absolute Gasteiger partial charge is 0.240 e. The van der Waals surface area contributed by atoms with Crippen molar-refractivity contribution in [3.63, 3.8) is 0 Å². The lowest BCUT2D eigenvalue weighted by atomic mass is 10.0. The summed E-state index contributed by atoms with van der Waals surface area (Å²) in [5.74, 6) is 0.620. The predicted octanol–water partition coefficient (Wildman–Crippen LogP) is 2.46. The lowest BCUT2D eigenvalue weighted by Gasteiger charge is -2.32. The summed E-state index contributed by atoms with van der Waals surface area (Å²) in [6.45, 7) is 4.91. The number of hydrogen-bond acceptors (Lipinski definition) is 6. The van der Waals surface area contributed by atoms with E-state index in [0.717, 1.165) is 32.5 Å². The molecule has 1 heterocycles. The molecule has 1 aliphatic heterocycles. The molecule has 0 aliphatic carbocycles. The Morgan fingerprint density at radius 1 is 1.06 bits per heavy atom. The van der Waals surface area contributed by atoms with Gasteiger partial charge in [0.25, 0.3) is 0 Å². The highest BCUT2D eigenvalue weighted by atomic mass is 32.2. The minimum atomic E-state index is -3.76. The number of carbonyl (C=O) groups excluding carboxylic acids is 1. The zero-order valence-electron chi connectivity index (χ0n) is 19.5. The Kier molecular flexibility index (Phi) is 8.71. The van der Waals surface area contributed by atoms with E-state index in [1.165, 1.54) is 43.5 Å². The van der Waals surface area contributed by atoms with Gasteiger partial charge in [0.05, 0.1) is 19.1 Å². The number of hydrogen-bond donors (Lipinski definition) is 2. The van der Waals surface area contributed by atoms with Crippen LogP contribution in [0.4, 0.5) is 0 Å². The highest BCUT2D eigenvalue weighted by Crippen LogP contribution is 2.29. The second kappa shape index (κ2) is 11.5. The van der Waals surface area contributed by atoms with Crippen LogP contribution in [0.2, 0.25) is 0 Å². The van der Waals surface area contributed by atoms with Gasteiger partial charge in [0.15, 0.2) is 11.5 Å². The average molecular weight is 476 g/mol. The summed E-state index contributed by atoms with van der Waals surface area (Å²) in [5.41, 5.74) is 2.63.